The predicted molar refractivity (Wildman–Crippen MR) is 109 cm³/mol. The van der Waals surface area contributed by atoms with Crippen molar-refractivity contribution >= 4 is 29.1 Å². The first-order valence-corrected chi connectivity index (χ1v) is 9.72. The molecule has 28 heavy (non-hydrogen) atoms. The zero-order valence-corrected chi connectivity index (χ0v) is 16.7. The van der Waals surface area contributed by atoms with Gasteiger partial charge in [-0.25, -0.2) is 0 Å². The highest BCUT2D eigenvalue weighted by atomic mass is 35.5. The van der Waals surface area contributed by atoms with Gasteiger partial charge in [-0.2, -0.15) is 0 Å². The van der Waals surface area contributed by atoms with Crippen LogP contribution in [0.5, 0.6) is 5.75 Å². The lowest BCUT2D eigenvalue weighted by molar-refractivity contribution is -0.895. The molecule has 0 aliphatic carbocycles. The molecule has 0 saturated carbocycles. The molecule has 1 aliphatic heterocycles. The van der Waals surface area contributed by atoms with Crippen LogP contribution in [0, 0.1) is 0 Å². The molecule has 0 bridgehead atoms. The van der Waals surface area contributed by atoms with E-state index in [1.54, 1.807) is 19.2 Å². The molecule has 7 heteroatoms. The number of carbonyl (C=O) groups excluding carboxylic acids is 2. The average molecular weight is 403 g/mol. The molecule has 148 valence electrons. The first-order valence-electron chi connectivity index (χ1n) is 9.34. The van der Waals surface area contributed by atoms with Gasteiger partial charge in [0.1, 0.15) is 5.75 Å². The second-order valence-corrected chi connectivity index (χ2v) is 7.23. The lowest BCUT2D eigenvalue weighted by Crippen LogP contribution is -3.15. The van der Waals surface area contributed by atoms with Gasteiger partial charge in [0.2, 0.25) is 5.91 Å². The number of hydrogen-bond donors (Lipinski definition) is 2. The standard InChI is InChI=1S/C21H24ClN3O3/c1-28-19-9-5-2-6-16(19)14-21(27)25-12-10-24(11-13-25)15-20(26)23-18-8-4-3-7-17(18)22/h2-9H,10-15H2,1H3,(H,23,26)/p+1. The molecule has 0 unspecified atom stereocenters. The van der Waals surface area contributed by atoms with Gasteiger partial charge in [0.25, 0.3) is 5.91 Å². The van der Waals surface area contributed by atoms with Gasteiger partial charge in [-0.3, -0.25) is 9.59 Å². The number of nitrogens with zero attached hydrogens (tertiary/aromatic N) is 1. The Bertz CT molecular complexity index is 835. The Morgan fingerprint density at radius 2 is 1.79 bits per heavy atom. The molecule has 1 heterocycles. The summed E-state index contributed by atoms with van der Waals surface area (Å²) in [6, 6.07) is 14.8. The highest BCUT2D eigenvalue weighted by molar-refractivity contribution is 6.33. The van der Waals surface area contributed by atoms with Gasteiger partial charge in [0, 0.05) is 5.56 Å². The normalized spacial score (nSPS) is 14.6. The summed E-state index contributed by atoms with van der Waals surface area (Å²) in [5, 5.41) is 3.38. The summed E-state index contributed by atoms with van der Waals surface area (Å²) in [5.41, 5.74) is 1.52. The Morgan fingerprint density at radius 3 is 2.50 bits per heavy atom. The maximum Gasteiger partial charge on any atom is 0.279 e. The highest BCUT2D eigenvalue weighted by Gasteiger charge is 2.25. The Balaban J connectivity index is 1.47. The number of piperazine rings is 1. The van der Waals surface area contributed by atoms with Gasteiger partial charge in [-0.1, -0.05) is 41.9 Å². The van der Waals surface area contributed by atoms with Crippen molar-refractivity contribution in [1.29, 1.82) is 0 Å². The number of benzene rings is 2. The number of hydrogen-bond acceptors (Lipinski definition) is 3. The number of quaternary nitrogens is 1. The van der Waals surface area contributed by atoms with E-state index in [4.69, 9.17) is 16.3 Å². The number of carbonyl (C=O) groups is 2. The molecule has 0 spiro atoms. The number of amides is 2. The minimum atomic E-state index is -0.0723. The molecule has 1 fully saturated rings. The van der Waals surface area contributed by atoms with Gasteiger partial charge in [0.15, 0.2) is 6.54 Å². The molecule has 2 aromatic carbocycles. The molecule has 1 aliphatic rings. The second kappa shape index (κ2) is 9.57. The van der Waals surface area contributed by atoms with E-state index in [-0.39, 0.29) is 11.8 Å². The Kier molecular flexibility index (Phi) is 6.90. The summed E-state index contributed by atoms with van der Waals surface area (Å²) in [6.45, 7) is 3.13. The fraction of sp³-hybridized carbons (Fsp3) is 0.333. The molecular formula is C21H25ClN3O3+. The summed E-state index contributed by atoms with van der Waals surface area (Å²) in [7, 11) is 1.61. The number of halogens is 1. The van der Waals surface area contributed by atoms with Crippen LogP contribution in [0.2, 0.25) is 5.02 Å². The minimum Gasteiger partial charge on any atom is -0.496 e. The Labute approximate surface area is 170 Å². The van der Waals surface area contributed by atoms with Crippen LogP contribution in [0.4, 0.5) is 5.69 Å². The van der Waals surface area contributed by atoms with Crippen LogP contribution in [0.1, 0.15) is 5.56 Å². The van der Waals surface area contributed by atoms with Crippen LogP contribution >= 0.6 is 11.6 Å². The third-order valence-corrected chi connectivity index (χ3v) is 5.25. The number of rotatable bonds is 6. The lowest BCUT2D eigenvalue weighted by Gasteiger charge is -2.32. The number of nitrogens with one attached hydrogen (secondary N) is 2. The number of methoxy groups -OCH3 is 1. The fourth-order valence-corrected chi connectivity index (χ4v) is 3.54. The predicted octanol–water partition coefficient (Wildman–Crippen LogP) is 1.26. The highest BCUT2D eigenvalue weighted by Crippen LogP contribution is 2.20. The Morgan fingerprint density at radius 1 is 1.11 bits per heavy atom. The van der Waals surface area contributed by atoms with E-state index in [9.17, 15) is 9.59 Å². The maximum atomic E-state index is 12.6. The maximum absolute atomic E-state index is 12.6. The van der Waals surface area contributed by atoms with Crippen molar-refractivity contribution in [1.82, 2.24) is 4.90 Å². The van der Waals surface area contributed by atoms with Crippen molar-refractivity contribution in [2.45, 2.75) is 6.42 Å². The van der Waals surface area contributed by atoms with Gasteiger partial charge >= 0.3 is 0 Å². The SMILES string of the molecule is COc1ccccc1CC(=O)N1CC[NH+](CC(=O)Nc2ccccc2Cl)CC1. The summed E-state index contributed by atoms with van der Waals surface area (Å²) < 4.78 is 5.32. The van der Waals surface area contributed by atoms with Crippen LogP contribution in [0.25, 0.3) is 0 Å². The molecule has 6 nitrogen and oxygen atoms in total. The molecule has 2 N–H and O–H groups in total. The second-order valence-electron chi connectivity index (χ2n) is 6.82. The van der Waals surface area contributed by atoms with Gasteiger partial charge in [-0.05, 0) is 18.2 Å². The quantitative estimate of drug-likeness (QED) is 0.764. The first-order chi connectivity index (χ1) is 13.6. The number of anilines is 1. The van der Waals surface area contributed by atoms with Gasteiger partial charge in [0.05, 0.1) is 50.4 Å². The summed E-state index contributed by atoms with van der Waals surface area (Å²) in [5.74, 6) is 0.748. The number of ether oxygens (including phenoxy) is 1. The minimum absolute atomic E-state index is 0.0723. The van der Waals surface area contributed by atoms with Crippen LogP contribution in [0.3, 0.4) is 0 Å². The summed E-state index contributed by atoms with van der Waals surface area (Å²) in [6.07, 6.45) is 0.326. The van der Waals surface area contributed by atoms with E-state index < -0.39 is 0 Å². The lowest BCUT2D eigenvalue weighted by atomic mass is 10.1. The van der Waals surface area contributed by atoms with Crippen LogP contribution in [0.15, 0.2) is 48.5 Å². The van der Waals surface area contributed by atoms with E-state index >= 15 is 0 Å². The van der Waals surface area contributed by atoms with Gasteiger partial charge < -0.3 is 19.9 Å². The van der Waals surface area contributed by atoms with Gasteiger partial charge in [-0.15, -0.1) is 0 Å². The fourth-order valence-electron chi connectivity index (χ4n) is 3.36. The summed E-state index contributed by atoms with van der Waals surface area (Å²) >= 11 is 6.08. The first kappa shape index (κ1) is 20.2. The van der Waals surface area contributed by atoms with Crippen LogP contribution in [-0.2, 0) is 16.0 Å². The molecule has 0 radical (unpaired) electrons. The summed E-state index contributed by atoms with van der Waals surface area (Å²) in [4.78, 5) is 27.9. The molecule has 0 aromatic heterocycles. The molecule has 3 rings (SSSR count). The molecule has 0 atom stereocenters. The van der Waals surface area contributed by atoms with Crippen LogP contribution in [-0.4, -0.2) is 56.5 Å². The molecule has 1 saturated heterocycles. The van der Waals surface area contributed by atoms with Crippen LogP contribution < -0.4 is 15.0 Å². The van der Waals surface area contributed by atoms with Crippen molar-refractivity contribution in [2.24, 2.45) is 0 Å². The topological polar surface area (TPSA) is 63.1 Å². The zero-order chi connectivity index (χ0) is 19.9. The van der Waals surface area contributed by atoms with E-state index in [0.29, 0.717) is 36.8 Å². The van der Waals surface area contributed by atoms with Crippen molar-refractivity contribution in [3.05, 3.63) is 59.1 Å². The third kappa shape index (κ3) is 5.24. The van der Waals surface area contributed by atoms with E-state index in [2.05, 4.69) is 5.32 Å². The van der Waals surface area contributed by atoms with E-state index in [0.717, 1.165) is 29.3 Å². The van der Waals surface area contributed by atoms with Crippen molar-refractivity contribution in [2.75, 3.05) is 45.2 Å². The zero-order valence-electron chi connectivity index (χ0n) is 15.9. The van der Waals surface area contributed by atoms with Crippen molar-refractivity contribution in [3.63, 3.8) is 0 Å². The molecule has 2 amide bonds. The average Bonchev–Trinajstić information content (AvgIpc) is 2.70. The van der Waals surface area contributed by atoms with E-state index in [1.165, 1.54) is 0 Å². The van der Waals surface area contributed by atoms with E-state index in [1.807, 2.05) is 41.3 Å². The largest absolute Gasteiger partial charge is 0.496 e. The molecular weight excluding hydrogens is 378 g/mol. The third-order valence-electron chi connectivity index (χ3n) is 4.92. The van der Waals surface area contributed by atoms with Crippen molar-refractivity contribution < 1.29 is 19.2 Å². The smallest absolute Gasteiger partial charge is 0.279 e. The Hall–Kier alpha value is -2.57. The van der Waals surface area contributed by atoms with Crippen molar-refractivity contribution in [3.8, 4) is 5.75 Å². The molecule has 2 aromatic rings. The monoisotopic (exact) mass is 402 g/mol. The number of para-hydroxylation sites is 2.